The molecule has 20 heavy (non-hydrogen) atoms. The Morgan fingerprint density at radius 1 is 1.40 bits per heavy atom. The second-order valence-corrected chi connectivity index (χ2v) is 5.59. The van der Waals surface area contributed by atoms with E-state index in [1.807, 2.05) is 36.2 Å². The van der Waals surface area contributed by atoms with Gasteiger partial charge in [-0.3, -0.25) is 4.79 Å². The van der Waals surface area contributed by atoms with Crippen LogP contribution in [0.2, 0.25) is 0 Å². The van der Waals surface area contributed by atoms with Crippen LogP contribution in [-0.4, -0.2) is 37.6 Å². The van der Waals surface area contributed by atoms with Crippen molar-refractivity contribution < 1.29 is 9.53 Å². The van der Waals surface area contributed by atoms with Crippen LogP contribution in [0, 0.1) is 5.92 Å². The highest BCUT2D eigenvalue weighted by Gasteiger charge is 2.29. The molecular formula is C16H24N2O2. The zero-order valence-corrected chi connectivity index (χ0v) is 12.3. The van der Waals surface area contributed by atoms with Gasteiger partial charge in [0.25, 0.3) is 0 Å². The van der Waals surface area contributed by atoms with Crippen molar-refractivity contribution in [3.05, 3.63) is 29.8 Å². The number of hydrogen-bond donors (Lipinski definition) is 1. The van der Waals surface area contributed by atoms with E-state index in [0.29, 0.717) is 6.54 Å². The summed E-state index contributed by atoms with van der Waals surface area (Å²) in [7, 11) is 3.55. The Morgan fingerprint density at radius 2 is 2.15 bits per heavy atom. The number of ether oxygens (including phenoxy) is 1. The van der Waals surface area contributed by atoms with Gasteiger partial charge in [-0.25, -0.2) is 0 Å². The summed E-state index contributed by atoms with van der Waals surface area (Å²) in [5, 5.41) is 0. The molecule has 1 aliphatic rings. The third kappa shape index (κ3) is 3.51. The fourth-order valence-electron chi connectivity index (χ4n) is 2.86. The van der Waals surface area contributed by atoms with Gasteiger partial charge in [0.2, 0.25) is 5.91 Å². The number of methoxy groups -OCH3 is 1. The van der Waals surface area contributed by atoms with E-state index in [2.05, 4.69) is 0 Å². The van der Waals surface area contributed by atoms with Crippen LogP contribution in [0.4, 0.5) is 0 Å². The fraction of sp³-hybridized carbons (Fsp3) is 0.562. The first-order valence-corrected chi connectivity index (χ1v) is 7.24. The smallest absolute Gasteiger partial charge is 0.225 e. The lowest BCUT2D eigenvalue weighted by molar-refractivity contribution is -0.134. The Bertz CT molecular complexity index is 462. The summed E-state index contributed by atoms with van der Waals surface area (Å²) in [6, 6.07) is 8.15. The molecule has 2 atom stereocenters. The van der Waals surface area contributed by atoms with E-state index in [-0.39, 0.29) is 17.9 Å². The van der Waals surface area contributed by atoms with E-state index in [9.17, 15) is 4.79 Å². The maximum absolute atomic E-state index is 12.3. The Balaban J connectivity index is 1.88. The SMILES string of the molecule is COc1ccccc1CCN(C)C(=O)[C@H]1CC[C@@H](N)C1. The molecule has 0 spiro atoms. The molecule has 4 heteroatoms. The maximum Gasteiger partial charge on any atom is 0.225 e. The summed E-state index contributed by atoms with van der Waals surface area (Å²) in [6.45, 7) is 0.713. The molecule has 0 unspecified atom stereocenters. The highest BCUT2D eigenvalue weighted by atomic mass is 16.5. The summed E-state index contributed by atoms with van der Waals surface area (Å²) in [4.78, 5) is 14.1. The molecular weight excluding hydrogens is 252 g/mol. The molecule has 4 nitrogen and oxygen atoms in total. The van der Waals surface area contributed by atoms with Crippen molar-refractivity contribution in [1.29, 1.82) is 0 Å². The zero-order valence-electron chi connectivity index (χ0n) is 12.3. The van der Waals surface area contributed by atoms with Gasteiger partial charge in [0, 0.05) is 25.6 Å². The molecule has 0 radical (unpaired) electrons. The fourth-order valence-corrected chi connectivity index (χ4v) is 2.86. The Kier molecular flexibility index (Phi) is 5.01. The van der Waals surface area contributed by atoms with Gasteiger partial charge in [-0.2, -0.15) is 0 Å². The number of nitrogens with zero attached hydrogens (tertiary/aromatic N) is 1. The molecule has 1 saturated carbocycles. The minimum Gasteiger partial charge on any atom is -0.496 e. The topological polar surface area (TPSA) is 55.6 Å². The summed E-state index contributed by atoms with van der Waals surface area (Å²) >= 11 is 0. The van der Waals surface area contributed by atoms with Crippen LogP contribution in [-0.2, 0) is 11.2 Å². The molecule has 1 aromatic rings. The van der Waals surface area contributed by atoms with Gasteiger partial charge in [-0.05, 0) is 37.3 Å². The van der Waals surface area contributed by atoms with Crippen molar-refractivity contribution >= 4 is 5.91 Å². The first-order chi connectivity index (χ1) is 9.61. The van der Waals surface area contributed by atoms with Crippen molar-refractivity contribution in [2.45, 2.75) is 31.7 Å². The number of nitrogens with two attached hydrogens (primary N) is 1. The molecule has 0 bridgehead atoms. The molecule has 1 amide bonds. The Morgan fingerprint density at radius 3 is 2.80 bits per heavy atom. The molecule has 1 fully saturated rings. The van der Waals surface area contributed by atoms with Crippen molar-refractivity contribution in [2.75, 3.05) is 20.7 Å². The van der Waals surface area contributed by atoms with Gasteiger partial charge in [-0.1, -0.05) is 18.2 Å². The summed E-state index contributed by atoms with van der Waals surface area (Å²) in [5.74, 6) is 1.23. The Hall–Kier alpha value is -1.55. The van der Waals surface area contributed by atoms with Crippen molar-refractivity contribution in [1.82, 2.24) is 4.90 Å². The molecule has 0 aliphatic heterocycles. The van der Waals surface area contributed by atoms with Crippen LogP contribution < -0.4 is 10.5 Å². The lowest BCUT2D eigenvalue weighted by Crippen LogP contribution is -2.34. The van der Waals surface area contributed by atoms with Gasteiger partial charge >= 0.3 is 0 Å². The molecule has 2 N–H and O–H groups in total. The van der Waals surface area contributed by atoms with Gasteiger partial charge < -0.3 is 15.4 Å². The number of rotatable bonds is 5. The number of amides is 1. The van der Waals surface area contributed by atoms with Crippen molar-refractivity contribution in [3.8, 4) is 5.75 Å². The van der Waals surface area contributed by atoms with Crippen molar-refractivity contribution in [3.63, 3.8) is 0 Å². The average Bonchev–Trinajstić information content (AvgIpc) is 2.90. The predicted molar refractivity (Wildman–Crippen MR) is 79.7 cm³/mol. The highest BCUT2D eigenvalue weighted by molar-refractivity contribution is 5.79. The normalized spacial score (nSPS) is 21.8. The third-order valence-electron chi connectivity index (χ3n) is 4.11. The average molecular weight is 276 g/mol. The summed E-state index contributed by atoms with van der Waals surface area (Å²) < 4.78 is 5.33. The predicted octanol–water partition coefficient (Wildman–Crippen LogP) is 1.82. The molecule has 0 saturated heterocycles. The van der Waals surface area contributed by atoms with E-state index in [0.717, 1.165) is 37.0 Å². The number of carbonyl (C=O) groups is 1. The molecule has 110 valence electrons. The minimum atomic E-state index is 0.118. The van der Waals surface area contributed by atoms with Crippen LogP contribution in [0.1, 0.15) is 24.8 Å². The largest absolute Gasteiger partial charge is 0.496 e. The van der Waals surface area contributed by atoms with Crippen LogP contribution in [0.5, 0.6) is 5.75 Å². The van der Waals surface area contributed by atoms with Gasteiger partial charge in [0.15, 0.2) is 0 Å². The van der Waals surface area contributed by atoms with Crippen LogP contribution in [0.25, 0.3) is 0 Å². The Labute approximate surface area is 120 Å². The van der Waals surface area contributed by atoms with Crippen LogP contribution in [0.3, 0.4) is 0 Å². The summed E-state index contributed by atoms with van der Waals surface area (Å²) in [5.41, 5.74) is 7.02. The minimum absolute atomic E-state index is 0.118. The highest BCUT2D eigenvalue weighted by Crippen LogP contribution is 2.26. The third-order valence-corrected chi connectivity index (χ3v) is 4.11. The lowest BCUT2D eigenvalue weighted by Gasteiger charge is -2.21. The first kappa shape index (κ1) is 14.9. The number of benzene rings is 1. The van der Waals surface area contributed by atoms with E-state index >= 15 is 0 Å². The number of likely N-dealkylation sites (N-methyl/N-ethyl adjacent to an activating group) is 1. The van der Waals surface area contributed by atoms with Gasteiger partial charge in [-0.15, -0.1) is 0 Å². The van der Waals surface area contributed by atoms with Crippen molar-refractivity contribution in [2.24, 2.45) is 11.7 Å². The molecule has 1 aliphatic carbocycles. The maximum atomic E-state index is 12.3. The zero-order chi connectivity index (χ0) is 14.5. The molecule has 0 heterocycles. The second-order valence-electron chi connectivity index (χ2n) is 5.59. The van der Waals surface area contributed by atoms with Gasteiger partial charge in [0.05, 0.1) is 7.11 Å². The van der Waals surface area contributed by atoms with E-state index in [4.69, 9.17) is 10.5 Å². The van der Waals surface area contributed by atoms with E-state index in [1.165, 1.54) is 0 Å². The molecule has 0 aromatic heterocycles. The first-order valence-electron chi connectivity index (χ1n) is 7.24. The van der Waals surface area contributed by atoms with Crippen LogP contribution >= 0.6 is 0 Å². The summed E-state index contributed by atoms with van der Waals surface area (Å²) in [6.07, 6.45) is 3.54. The lowest BCUT2D eigenvalue weighted by atomic mass is 10.1. The van der Waals surface area contributed by atoms with Crippen LogP contribution in [0.15, 0.2) is 24.3 Å². The van der Waals surface area contributed by atoms with E-state index in [1.54, 1.807) is 7.11 Å². The number of carbonyl (C=O) groups excluding carboxylic acids is 1. The standard InChI is InChI=1S/C16H24N2O2/c1-18(16(19)13-7-8-14(17)11-13)10-9-12-5-3-4-6-15(12)20-2/h3-6,13-14H,7-11,17H2,1-2H3/t13-,14+/m0/s1. The number of para-hydroxylation sites is 1. The monoisotopic (exact) mass is 276 g/mol. The quantitative estimate of drug-likeness (QED) is 0.892. The number of hydrogen-bond acceptors (Lipinski definition) is 3. The molecule has 2 rings (SSSR count). The molecule has 1 aromatic carbocycles. The second kappa shape index (κ2) is 6.75. The van der Waals surface area contributed by atoms with E-state index < -0.39 is 0 Å². The van der Waals surface area contributed by atoms with Gasteiger partial charge in [0.1, 0.15) is 5.75 Å².